The van der Waals surface area contributed by atoms with E-state index in [-0.39, 0.29) is 17.9 Å². The van der Waals surface area contributed by atoms with Crippen LogP contribution in [0.5, 0.6) is 0 Å². The van der Waals surface area contributed by atoms with E-state index in [1.54, 1.807) is 24.3 Å². The van der Waals surface area contributed by atoms with Crippen molar-refractivity contribution >= 4 is 11.8 Å². The average Bonchev–Trinajstić information content (AvgIpc) is 2.64. The molecule has 1 aromatic rings. The van der Waals surface area contributed by atoms with Crippen LogP contribution in [-0.4, -0.2) is 36.0 Å². The number of carbonyl (C=O) groups is 2. The monoisotopic (exact) mass is 247 g/mol. The fourth-order valence-electron chi connectivity index (χ4n) is 2.14. The van der Waals surface area contributed by atoms with Crippen LogP contribution in [0, 0.1) is 0 Å². The lowest BCUT2D eigenvalue weighted by Crippen LogP contribution is -2.37. The Morgan fingerprint density at radius 3 is 2.11 bits per heavy atom. The van der Waals surface area contributed by atoms with Gasteiger partial charge in [0.15, 0.2) is 0 Å². The molecule has 0 aliphatic carbocycles. The fraction of sp³-hybridized carbons (Fsp3) is 0.429. The lowest BCUT2D eigenvalue weighted by Gasteiger charge is -2.21. The van der Waals surface area contributed by atoms with E-state index < -0.39 is 0 Å². The molecule has 0 N–H and O–H groups in total. The Hall–Kier alpha value is -1.68. The van der Waals surface area contributed by atoms with Gasteiger partial charge in [0.25, 0.3) is 11.8 Å². The van der Waals surface area contributed by atoms with Crippen molar-refractivity contribution in [3.05, 3.63) is 35.4 Å². The number of rotatable bonds is 5. The third-order valence-corrected chi connectivity index (χ3v) is 3.12. The molecule has 0 saturated heterocycles. The van der Waals surface area contributed by atoms with Gasteiger partial charge in [-0.2, -0.15) is 0 Å². The van der Waals surface area contributed by atoms with E-state index in [9.17, 15) is 9.59 Å². The molecule has 1 aromatic carbocycles. The first kappa shape index (κ1) is 12.8. The Balaban J connectivity index is 2.18. The van der Waals surface area contributed by atoms with Crippen molar-refractivity contribution in [2.75, 3.05) is 13.2 Å². The zero-order valence-corrected chi connectivity index (χ0v) is 10.7. The second-order valence-corrected chi connectivity index (χ2v) is 4.25. The molecule has 2 rings (SSSR count). The lowest BCUT2D eigenvalue weighted by atomic mass is 10.1. The standard InChI is InChI=1S/C14H17NO3/c1-3-10(18-4-2)9-15-13(16)11-7-5-6-8-12(11)14(15)17/h5-8,10H,3-4,9H2,1-2H3. The van der Waals surface area contributed by atoms with Crippen molar-refractivity contribution in [1.82, 2.24) is 4.90 Å². The van der Waals surface area contributed by atoms with Crippen molar-refractivity contribution in [3.8, 4) is 0 Å². The summed E-state index contributed by atoms with van der Waals surface area (Å²) in [6.45, 7) is 4.81. The Morgan fingerprint density at radius 1 is 1.11 bits per heavy atom. The summed E-state index contributed by atoms with van der Waals surface area (Å²) in [7, 11) is 0. The average molecular weight is 247 g/mol. The van der Waals surface area contributed by atoms with Crippen LogP contribution >= 0.6 is 0 Å². The molecular formula is C14H17NO3. The van der Waals surface area contributed by atoms with E-state index in [4.69, 9.17) is 4.74 Å². The number of fused-ring (bicyclic) bond motifs is 1. The first-order chi connectivity index (χ1) is 8.69. The summed E-state index contributed by atoms with van der Waals surface area (Å²) in [5.41, 5.74) is 0.989. The van der Waals surface area contributed by atoms with Gasteiger partial charge >= 0.3 is 0 Å². The first-order valence-electron chi connectivity index (χ1n) is 6.25. The first-order valence-corrected chi connectivity index (χ1v) is 6.25. The van der Waals surface area contributed by atoms with E-state index in [1.807, 2.05) is 13.8 Å². The second kappa shape index (κ2) is 5.31. The summed E-state index contributed by atoms with van der Waals surface area (Å²) in [6.07, 6.45) is 0.693. The molecule has 0 saturated carbocycles. The Bertz CT molecular complexity index is 435. The molecule has 4 nitrogen and oxygen atoms in total. The SMILES string of the molecule is CCOC(CC)CN1C(=O)c2ccccc2C1=O. The molecule has 0 bridgehead atoms. The van der Waals surface area contributed by atoms with E-state index in [0.29, 0.717) is 24.3 Å². The van der Waals surface area contributed by atoms with Crippen LogP contribution in [0.3, 0.4) is 0 Å². The summed E-state index contributed by atoms with van der Waals surface area (Å²) in [6, 6.07) is 6.93. The van der Waals surface area contributed by atoms with Crippen LogP contribution in [0.15, 0.2) is 24.3 Å². The topological polar surface area (TPSA) is 46.6 Å². The third kappa shape index (κ3) is 2.16. The van der Waals surface area contributed by atoms with E-state index in [0.717, 1.165) is 6.42 Å². The van der Waals surface area contributed by atoms with Gasteiger partial charge in [-0.1, -0.05) is 19.1 Å². The number of ether oxygens (including phenoxy) is 1. The number of nitrogens with zero attached hydrogens (tertiary/aromatic N) is 1. The van der Waals surface area contributed by atoms with Gasteiger partial charge in [-0.05, 0) is 25.5 Å². The maximum Gasteiger partial charge on any atom is 0.261 e. The van der Waals surface area contributed by atoms with Gasteiger partial charge in [-0.3, -0.25) is 14.5 Å². The Morgan fingerprint density at radius 2 is 1.67 bits per heavy atom. The maximum atomic E-state index is 12.1. The number of benzene rings is 1. The summed E-state index contributed by atoms with van der Waals surface area (Å²) < 4.78 is 5.50. The highest BCUT2D eigenvalue weighted by Gasteiger charge is 2.36. The molecular weight excluding hydrogens is 230 g/mol. The van der Waals surface area contributed by atoms with Gasteiger partial charge in [-0.25, -0.2) is 0 Å². The van der Waals surface area contributed by atoms with E-state index in [2.05, 4.69) is 0 Å². The lowest BCUT2D eigenvalue weighted by molar-refractivity contribution is 0.0279. The van der Waals surface area contributed by atoms with E-state index >= 15 is 0 Å². The highest BCUT2D eigenvalue weighted by atomic mass is 16.5. The van der Waals surface area contributed by atoms with Crippen LogP contribution < -0.4 is 0 Å². The summed E-state index contributed by atoms with van der Waals surface area (Å²) in [4.78, 5) is 25.5. The highest BCUT2D eigenvalue weighted by Crippen LogP contribution is 2.23. The molecule has 18 heavy (non-hydrogen) atoms. The smallest absolute Gasteiger partial charge is 0.261 e. The van der Waals surface area contributed by atoms with Gasteiger partial charge in [0, 0.05) is 6.61 Å². The zero-order chi connectivity index (χ0) is 13.1. The van der Waals surface area contributed by atoms with Gasteiger partial charge in [0.2, 0.25) is 0 Å². The predicted octanol–water partition coefficient (Wildman–Crippen LogP) is 2.10. The molecule has 96 valence electrons. The number of carbonyl (C=O) groups excluding carboxylic acids is 2. The van der Waals surface area contributed by atoms with Gasteiger partial charge < -0.3 is 4.74 Å². The number of imide groups is 1. The minimum atomic E-state index is -0.214. The summed E-state index contributed by atoms with van der Waals surface area (Å²) in [5, 5.41) is 0. The molecule has 1 heterocycles. The largest absolute Gasteiger partial charge is 0.377 e. The number of hydrogen-bond acceptors (Lipinski definition) is 3. The molecule has 2 amide bonds. The molecule has 1 aliphatic heterocycles. The van der Waals surface area contributed by atoms with Crippen molar-refractivity contribution in [2.45, 2.75) is 26.4 Å². The van der Waals surface area contributed by atoms with Gasteiger partial charge in [0.05, 0.1) is 23.8 Å². The number of hydrogen-bond donors (Lipinski definition) is 0. The highest BCUT2D eigenvalue weighted by molar-refractivity contribution is 6.21. The molecule has 0 radical (unpaired) electrons. The van der Waals surface area contributed by atoms with E-state index in [1.165, 1.54) is 4.90 Å². The molecule has 0 spiro atoms. The van der Waals surface area contributed by atoms with Crippen molar-refractivity contribution in [2.24, 2.45) is 0 Å². The third-order valence-electron chi connectivity index (χ3n) is 3.12. The predicted molar refractivity (Wildman–Crippen MR) is 67.5 cm³/mol. The van der Waals surface area contributed by atoms with Crippen LogP contribution in [-0.2, 0) is 4.74 Å². The molecule has 1 atom stereocenters. The van der Waals surface area contributed by atoms with Crippen molar-refractivity contribution < 1.29 is 14.3 Å². The Labute approximate surface area is 107 Å². The van der Waals surface area contributed by atoms with Crippen LogP contribution in [0.25, 0.3) is 0 Å². The maximum absolute atomic E-state index is 12.1. The van der Waals surface area contributed by atoms with Crippen LogP contribution in [0.1, 0.15) is 41.0 Å². The van der Waals surface area contributed by atoms with Crippen LogP contribution in [0.2, 0.25) is 0 Å². The number of amides is 2. The quantitative estimate of drug-likeness (QED) is 0.748. The van der Waals surface area contributed by atoms with Gasteiger partial charge in [0.1, 0.15) is 0 Å². The minimum Gasteiger partial charge on any atom is -0.377 e. The van der Waals surface area contributed by atoms with Gasteiger partial charge in [-0.15, -0.1) is 0 Å². The summed E-state index contributed by atoms with van der Waals surface area (Å²) >= 11 is 0. The molecule has 1 aliphatic rings. The van der Waals surface area contributed by atoms with Crippen LogP contribution in [0.4, 0.5) is 0 Å². The second-order valence-electron chi connectivity index (χ2n) is 4.25. The Kier molecular flexibility index (Phi) is 3.77. The molecule has 0 aromatic heterocycles. The van der Waals surface area contributed by atoms with Crippen molar-refractivity contribution in [3.63, 3.8) is 0 Å². The fourth-order valence-corrected chi connectivity index (χ4v) is 2.14. The molecule has 0 fully saturated rings. The zero-order valence-electron chi connectivity index (χ0n) is 10.7. The van der Waals surface area contributed by atoms with Crippen molar-refractivity contribution in [1.29, 1.82) is 0 Å². The summed E-state index contributed by atoms with van der Waals surface area (Å²) in [5.74, 6) is -0.428. The molecule has 1 unspecified atom stereocenters. The molecule has 4 heteroatoms. The minimum absolute atomic E-state index is 0.0859. The normalized spacial score (nSPS) is 16.0.